The summed E-state index contributed by atoms with van der Waals surface area (Å²) in [4.78, 5) is 10.8. The second-order valence-corrected chi connectivity index (χ2v) is 6.37. The Labute approximate surface area is 91.0 Å². The van der Waals surface area contributed by atoms with Gasteiger partial charge < -0.3 is 0 Å². The maximum absolute atomic E-state index is 10.8. The molecule has 0 amide bonds. The number of fused-ring (bicyclic) bond motifs is 2. The van der Waals surface area contributed by atoms with Gasteiger partial charge in [-0.25, -0.2) is 0 Å². The van der Waals surface area contributed by atoms with Gasteiger partial charge in [-0.2, -0.15) is 0 Å². The summed E-state index contributed by atoms with van der Waals surface area (Å²) >= 11 is 1.51. The van der Waals surface area contributed by atoms with Gasteiger partial charge in [0.2, 0.25) is 0 Å². The van der Waals surface area contributed by atoms with Crippen LogP contribution in [0, 0.1) is 23.7 Å². The summed E-state index contributed by atoms with van der Waals surface area (Å²) < 4.78 is 0. The maximum atomic E-state index is 10.8. The van der Waals surface area contributed by atoms with E-state index in [4.69, 9.17) is 0 Å². The molecule has 0 spiro atoms. The van der Waals surface area contributed by atoms with E-state index in [1.165, 1.54) is 37.4 Å². The van der Waals surface area contributed by atoms with Crippen molar-refractivity contribution in [1.82, 2.24) is 0 Å². The minimum atomic E-state index is 0.279. The number of thioether (sulfide) groups is 1. The van der Waals surface area contributed by atoms with Gasteiger partial charge in [0.1, 0.15) is 0 Å². The predicted octanol–water partition coefficient (Wildman–Crippen LogP) is 3.34. The van der Waals surface area contributed by atoms with Crippen LogP contribution in [0.25, 0.3) is 0 Å². The molecule has 4 unspecified atom stereocenters. The van der Waals surface area contributed by atoms with Crippen LogP contribution in [0.15, 0.2) is 0 Å². The molecule has 1 nitrogen and oxygen atoms in total. The summed E-state index contributed by atoms with van der Waals surface area (Å²) in [6.45, 7) is 4.08. The molecule has 0 aromatic heterocycles. The topological polar surface area (TPSA) is 17.1 Å². The summed E-state index contributed by atoms with van der Waals surface area (Å²) in [7, 11) is 0. The smallest absolute Gasteiger partial charge is 0.185 e. The molecule has 80 valence electrons. The van der Waals surface area contributed by atoms with E-state index in [2.05, 4.69) is 6.92 Å². The summed E-state index contributed by atoms with van der Waals surface area (Å²) in [6.07, 6.45) is 5.67. The van der Waals surface area contributed by atoms with Crippen LogP contribution in [0.4, 0.5) is 0 Å². The molecule has 2 fully saturated rings. The molecule has 0 saturated heterocycles. The number of rotatable bonds is 3. The van der Waals surface area contributed by atoms with E-state index >= 15 is 0 Å². The van der Waals surface area contributed by atoms with Gasteiger partial charge >= 0.3 is 0 Å². The number of carbonyl (C=O) groups is 1. The molecule has 14 heavy (non-hydrogen) atoms. The first-order valence-electron chi connectivity index (χ1n) is 5.80. The third kappa shape index (κ3) is 2.16. The van der Waals surface area contributed by atoms with Crippen LogP contribution in [-0.4, -0.2) is 10.9 Å². The van der Waals surface area contributed by atoms with Gasteiger partial charge in [-0.1, -0.05) is 18.7 Å². The lowest BCUT2D eigenvalue weighted by Gasteiger charge is -2.25. The van der Waals surface area contributed by atoms with Crippen molar-refractivity contribution < 1.29 is 4.79 Å². The number of hydrogen-bond donors (Lipinski definition) is 0. The van der Waals surface area contributed by atoms with Gasteiger partial charge in [-0.15, -0.1) is 0 Å². The Morgan fingerprint density at radius 2 is 2.07 bits per heavy atom. The Balaban J connectivity index is 1.72. The van der Waals surface area contributed by atoms with Gasteiger partial charge in [0.15, 0.2) is 5.12 Å². The van der Waals surface area contributed by atoms with Crippen LogP contribution in [0.1, 0.15) is 39.5 Å². The third-order valence-corrected chi connectivity index (χ3v) is 5.00. The Kier molecular flexibility index (Phi) is 3.20. The summed E-state index contributed by atoms with van der Waals surface area (Å²) in [5.41, 5.74) is 0. The van der Waals surface area contributed by atoms with Crippen molar-refractivity contribution in [3.05, 3.63) is 0 Å². The second kappa shape index (κ2) is 4.26. The average molecular weight is 212 g/mol. The molecular formula is C12H20OS. The van der Waals surface area contributed by atoms with E-state index in [1.807, 2.05) is 0 Å². The molecule has 0 radical (unpaired) electrons. The fourth-order valence-electron chi connectivity index (χ4n) is 3.39. The molecular weight excluding hydrogens is 192 g/mol. The van der Waals surface area contributed by atoms with Crippen molar-refractivity contribution in [1.29, 1.82) is 0 Å². The monoisotopic (exact) mass is 212 g/mol. The van der Waals surface area contributed by atoms with Gasteiger partial charge in [0, 0.05) is 12.7 Å². The van der Waals surface area contributed by atoms with Gasteiger partial charge in [0.05, 0.1) is 0 Å². The zero-order valence-corrected chi connectivity index (χ0v) is 9.98. The first-order chi connectivity index (χ1) is 6.66. The third-order valence-electron chi connectivity index (χ3n) is 4.15. The molecule has 4 atom stereocenters. The first-order valence-corrected chi connectivity index (χ1v) is 6.78. The molecule has 2 aliphatic carbocycles. The quantitative estimate of drug-likeness (QED) is 0.713. The lowest BCUT2D eigenvalue weighted by Crippen LogP contribution is -2.16. The zero-order valence-electron chi connectivity index (χ0n) is 9.16. The van der Waals surface area contributed by atoms with Gasteiger partial charge in [-0.3, -0.25) is 4.79 Å². The van der Waals surface area contributed by atoms with E-state index in [1.54, 1.807) is 6.92 Å². The lowest BCUT2D eigenvalue weighted by molar-refractivity contribution is -0.109. The highest BCUT2D eigenvalue weighted by Gasteiger charge is 2.43. The highest BCUT2D eigenvalue weighted by Crippen LogP contribution is 2.52. The van der Waals surface area contributed by atoms with Crippen molar-refractivity contribution in [2.24, 2.45) is 23.7 Å². The van der Waals surface area contributed by atoms with Crippen molar-refractivity contribution in [2.75, 3.05) is 5.75 Å². The summed E-state index contributed by atoms with van der Waals surface area (Å²) in [5, 5.41) is 0.279. The maximum Gasteiger partial charge on any atom is 0.185 e. The SMILES string of the molecule is CC(=O)SCCC1CC2CC1CC2C. The molecule has 0 aliphatic heterocycles. The minimum absolute atomic E-state index is 0.279. The van der Waals surface area contributed by atoms with E-state index in [0.29, 0.717) is 0 Å². The molecule has 2 saturated carbocycles. The zero-order chi connectivity index (χ0) is 10.1. The molecule has 0 aromatic carbocycles. The fourth-order valence-corrected chi connectivity index (χ4v) is 4.10. The molecule has 0 N–H and O–H groups in total. The molecule has 0 aromatic rings. The fraction of sp³-hybridized carbons (Fsp3) is 0.917. The highest BCUT2D eigenvalue weighted by molar-refractivity contribution is 8.13. The van der Waals surface area contributed by atoms with Crippen LogP contribution in [0.2, 0.25) is 0 Å². The van der Waals surface area contributed by atoms with E-state index in [9.17, 15) is 4.79 Å². The second-order valence-electron chi connectivity index (χ2n) is 5.09. The Morgan fingerprint density at radius 3 is 2.57 bits per heavy atom. The Morgan fingerprint density at radius 1 is 1.29 bits per heavy atom. The van der Waals surface area contributed by atoms with Gasteiger partial charge in [-0.05, 0) is 49.4 Å². The normalized spacial score (nSPS) is 40.4. The predicted molar refractivity (Wildman–Crippen MR) is 61.2 cm³/mol. The Hall–Kier alpha value is 0.0200. The number of hydrogen-bond acceptors (Lipinski definition) is 2. The number of carbonyl (C=O) groups excluding carboxylic acids is 1. The van der Waals surface area contributed by atoms with Crippen molar-refractivity contribution in [2.45, 2.75) is 39.5 Å². The Bertz CT molecular complexity index is 224. The van der Waals surface area contributed by atoms with E-state index in [0.717, 1.165) is 29.4 Å². The van der Waals surface area contributed by atoms with Crippen molar-refractivity contribution >= 4 is 16.9 Å². The molecule has 2 heteroatoms. The van der Waals surface area contributed by atoms with Crippen LogP contribution in [0.5, 0.6) is 0 Å². The standard InChI is InChI=1S/C12H20OS/c1-8-5-12-7-11(8)6-10(12)3-4-14-9(2)13/h8,10-12H,3-7H2,1-2H3. The van der Waals surface area contributed by atoms with Crippen molar-refractivity contribution in [3.63, 3.8) is 0 Å². The van der Waals surface area contributed by atoms with Crippen LogP contribution < -0.4 is 0 Å². The van der Waals surface area contributed by atoms with Crippen LogP contribution in [-0.2, 0) is 4.79 Å². The molecule has 2 rings (SSSR count). The molecule has 0 heterocycles. The molecule has 2 aliphatic rings. The largest absolute Gasteiger partial charge is 0.288 e. The van der Waals surface area contributed by atoms with Crippen LogP contribution in [0.3, 0.4) is 0 Å². The lowest BCUT2D eigenvalue weighted by atomic mass is 9.82. The van der Waals surface area contributed by atoms with Crippen molar-refractivity contribution in [3.8, 4) is 0 Å². The summed E-state index contributed by atoms with van der Waals surface area (Å²) in [6, 6.07) is 0. The highest BCUT2D eigenvalue weighted by atomic mass is 32.2. The van der Waals surface area contributed by atoms with E-state index < -0.39 is 0 Å². The first kappa shape index (κ1) is 10.5. The van der Waals surface area contributed by atoms with Crippen LogP contribution >= 0.6 is 11.8 Å². The van der Waals surface area contributed by atoms with E-state index in [-0.39, 0.29) is 5.12 Å². The average Bonchev–Trinajstić information content (AvgIpc) is 2.62. The molecule has 2 bridgehead atoms. The van der Waals surface area contributed by atoms with Gasteiger partial charge in [0.25, 0.3) is 0 Å². The minimum Gasteiger partial charge on any atom is -0.288 e. The summed E-state index contributed by atoms with van der Waals surface area (Å²) in [5.74, 6) is 5.01.